The van der Waals surface area contributed by atoms with Gasteiger partial charge in [0.1, 0.15) is 0 Å². The summed E-state index contributed by atoms with van der Waals surface area (Å²) in [6.45, 7) is 7.65. The minimum atomic E-state index is 0.261. The summed E-state index contributed by atoms with van der Waals surface area (Å²) in [4.78, 5) is 13.6. The number of hydrogen-bond acceptors (Lipinski definition) is 2. The first-order chi connectivity index (χ1) is 5.79. The highest BCUT2D eigenvalue weighted by atomic mass is 16.2. The molecule has 0 unspecified atom stereocenters. The van der Waals surface area contributed by atoms with E-state index in [0.29, 0.717) is 5.91 Å². The largest absolute Gasteiger partial charge is 0.343 e. The predicted octanol–water partition coefficient (Wildman–Crippen LogP) is 0.464. The van der Waals surface area contributed by atoms with Crippen molar-refractivity contribution in [3.8, 4) is 0 Å². The normalized spacial score (nSPS) is 17.2. The van der Waals surface area contributed by atoms with Gasteiger partial charge in [0.15, 0.2) is 0 Å². The van der Waals surface area contributed by atoms with E-state index in [-0.39, 0.29) is 5.92 Å². The van der Waals surface area contributed by atoms with Gasteiger partial charge >= 0.3 is 0 Å². The highest BCUT2D eigenvalue weighted by molar-refractivity contribution is 5.80. The molecule has 0 bridgehead atoms. The Morgan fingerprint density at radius 2 is 2.17 bits per heavy atom. The Balaban J connectivity index is 2.35. The van der Waals surface area contributed by atoms with Gasteiger partial charge in [0.2, 0.25) is 5.91 Å². The Bertz CT molecular complexity index is 155. The lowest BCUT2D eigenvalue weighted by Gasteiger charge is -2.31. The van der Waals surface area contributed by atoms with E-state index in [9.17, 15) is 4.79 Å². The second-order valence-electron chi connectivity index (χ2n) is 3.27. The molecule has 0 aromatic carbocycles. The van der Waals surface area contributed by atoms with E-state index in [4.69, 9.17) is 0 Å². The van der Waals surface area contributed by atoms with E-state index in [1.165, 1.54) is 0 Å². The summed E-state index contributed by atoms with van der Waals surface area (Å²) < 4.78 is 0. The first-order valence-corrected chi connectivity index (χ1v) is 4.79. The summed E-state index contributed by atoms with van der Waals surface area (Å²) in [5.41, 5.74) is 0. The molecule has 3 nitrogen and oxygen atoms in total. The lowest BCUT2D eigenvalue weighted by Crippen LogP contribution is -2.52. The first kappa shape index (κ1) is 9.52. The van der Waals surface area contributed by atoms with Crippen LogP contribution in [-0.2, 0) is 4.79 Å². The van der Waals surface area contributed by atoms with Gasteiger partial charge in [0, 0.05) is 26.2 Å². The van der Waals surface area contributed by atoms with Crippen molar-refractivity contribution in [2.45, 2.75) is 20.3 Å². The molecule has 70 valence electrons. The van der Waals surface area contributed by atoms with Gasteiger partial charge in [-0.3, -0.25) is 4.79 Å². The highest BCUT2D eigenvalue weighted by Crippen LogP contribution is 2.08. The van der Waals surface area contributed by atoms with Crippen molar-refractivity contribution in [3.63, 3.8) is 0 Å². The maximum absolute atomic E-state index is 11.6. The molecule has 0 aromatic heterocycles. The molecule has 12 heavy (non-hydrogen) atoms. The van der Waals surface area contributed by atoms with Crippen molar-refractivity contribution >= 4 is 5.91 Å². The molecular formula is C9H18N2O. The Hall–Kier alpha value is -0.570. The van der Waals surface area contributed by atoms with Crippen LogP contribution in [0, 0.1) is 5.92 Å². The second-order valence-corrected chi connectivity index (χ2v) is 3.27. The van der Waals surface area contributed by atoms with E-state index < -0.39 is 0 Å². The molecule has 0 radical (unpaired) electrons. The van der Waals surface area contributed by atoms with Gasteiger partial charge in [-0.25, -0.2) is 0 Å². The first-order valence-electron chi connectivity index (χ1n) is 4.79. The summed E-state index contributed by atoms with van der Waals surface area (Å²) in [5.74, 6) is 0.592. The summed E-state index contributed by atoms with van der Waals surface area (Å²) in [5, 5.41) is 3.12. The maximum atomic E-state index is 11.6. The van der Waals surface area contributed by atoms with E-state index in [2.05, 4.69) is 12.2 Å². The monoisotopic (exact) mass is 170 g/mol. The molecule has 3 heteroatoms. The van der Waals surface area contributed by atoms with Crippen LogP contribution in [-0.4, -0.2) is 37.0 Å². The minimum Gasteiger partial charge on any atom is -0.343 e. The Kier molecular flexibility index (Phi) is 3.53. The van der Waals surface area contributed by atoms with Crippen LogP contribution in [0.2, 0.25) is 0 Å². The molecule has 0 atom stereocenters. The maximum Gasteiger partial charge on any atom is 0.228 e. The zero-order chi connectivity index (χ0) is 8.97. The van der Waals surface area contributed by atoms with Crippen LogP contribution in [0.25, 0.3) is 0 Å². The summed E-state index contributed by atoms with van der Waals surface area (Å²) in [6, 6.07) is 0. The molecule has 1 N–H and O–H groups in total. The van der Waals surface area contributed by atoms with E-state index >= 15 is 0 Å². The zero-order valence-corrected chi connectivity index (χ0v) is 7.97. The van der Waals surface area contributed by atoms with Crippen molar-refractivity contribution in [2.75, 3.05) is 26.2 Å². The number of carbonyl (C=O) groups excluding carboxylic acids is 1. The molecule has 1 rings (SSSR count). The topological polar surface area (TPSA) is 32.3 Å². The standard InChI is InChI=1S/C9H18N2O/c1-3-5-11(4-2)9(12)8-6-10-7-8/h8,10H,3-7H2,1-2H3. The predicted molar refractivity (Wildman–Crippen MR) is 48.9 cm³/mol. The van der Waals surface area contributed by atoms with Gasteiger partial charge in [-0.15, -0.1) is 0 Å². The second kappa shape index (κ2) is 4.45. The summed E-state index contributed by atoms with van der Waals surface area (Å²) >= 11 is 0. The number of amides is 1. The summed E-state index contributed by atoms with van der Waals surface area (Å²) in [7, 11) is 0. The van der Waals surface area contributed by atoms with E-state index in [0.717, 1.165) is 32.6 Å². The van der Waals surface area contributed by atoms with Gasteiger partial charge in [0.05, 0.1) is 5.92 Å². The summed E-state index contributed by atoms with van der Waals surface area (Å²) in [6.07, 6.45) is 1.06. The smallest absolute Gasteiger partial charge is 0.228 e. The third kappa shape index (κ3) is 1.97. The van der Waals surface area contributed by atoms with Crippen LogP contribution >= 0.6 is 0 Å². The molecular weight excluding hydrogens is 152 g/mol. The average molecular weight is 170 g/mol. The molecule has 0 aromatic rings. The van der Waals surface area contributed by atoms with Crippen LogP contribution in [0.3, 0.4) is 0 Å². The van der Waals surface area contributed by atoms with Gasteiger partial charge in [-0.1, -0.05) is 6.92 Å². The molecule has 1 saturated heterocycles. The van der Waals surface area contributed by atoms with Crippen LogP contribution in [0.5, 0.6) is 0 Å². The van der Waals surface area contributed by atoms with Crippen molar-refractivity contribution < 1.29 is 4.79 Å². The lowest BCUT2D eigenvalue weighted by atomic mass is 10.0. The SMILES string of the molecule is CCCN(CC)C(=O)C1CNC1. The van der Waals surface area contributed by atoms with Gasteiger partial charge in [0.25, 0.3) is 0 Å². The quantitative estimate of drug-likeness (QED) is 0.665. The molecule has 1 aliphatic heterocycles. The molecule has 0 aliphatic carbocycles. The van der Waals surface area contributed by atoms with Crippen LogP contribution in [0.1, 0.15) is 20.3 Å². The van der Waals surface area contributed by atoms with Crippen molar-refractivity contribution in [3.05, 3.63) is 0 Å². The molecule has 1 heterocycles. The fourth-order valence-corrected chi connectivity index (χ4v) is 1.42. The molecule has 1 fully saturated rings. The van der Waals surface area contributed by atoms with Crippen LogP contribution in [0.4, 0.5) is 0 Å². The molecule has 0 spiro atoms. The zero-order valence-electron chi connectivity index (χ0n) is 7.97. The number of nitrogens with one attached hydrogen (secondary N) is 1. The Morgan fingerprint density at radius 3 is 2.50 bits per heavy atom. The van der Waals surface area contributed by atoms with Crippen molar-refractivity contribution in [2.24, 2.45) is 5.92 Å². The van der Waals surface area contributed by atoms with Crippen LogP contribution < -0.4 is 5.32 Å². The fourth-order valence-electron chi connectivity index (χ4n) is 1.42. The Labute approximate surface area is 74.1 Å². The lowest BCUT2D eigenvalue weighted by molar-refractivity contribution is -0.136. The van der Waals surface area contributed by atoms with Crippen LogP contribution in [0.15, 0.2) is 0 Å². The molecule has 1 aliphatic rings. The van der Waals surface area contributed by atoms with Gasteiger partial charge in [-0.05, 0) is 13.3 Å². The number of nitrogens with zero attached hydrogens (tertiary/aromatic N) is 1. The van der Waals surface area contributed by atoms with Gasteiger partial charge < -0.3 is 10.2 Å². The molecule has 0 saturated carbocycles. The molecule has 1 amide bonds. The number of hydrogen-bond donors (Lipinski definition) is 1. The highest BCUT2D eigenvalue weighted by Gasteiger charge is 2.27. The van der Waals surface area contributed by atoms with Crippen molar-refractivity contribution in [1.29, 1.82) is 0 Å². The Morgan fingerprint density at radius 1 is 1.50 bits per heavy atom. The average Bonchev–Trinajstić information content (AvgIpc) is 1.96. The fraction of sp³-hybridized carbons (Fsp3) is 0.889. The third-order valence-corrected chi connectivity index (χ3v) is 2.32. The van der Waals surface area contributed by atoms with Gasteiger partial charge in [-0.2, -0.15) is 0 Å². The third-order valence-electron chi connectivity index (χ3n) is 2.32. The van der Waals surface area contributed by atoms with E-state index in [1.807, 2.05) is 11.8 Å². The minimum absolute atomic E-state index is 0.261. The van der Waals surface area contributed by atoms with E-state index in [1.54, 1.807) is 0 Å². The van der Waals surface area contributed by atoms with Crippen molar-refractivity contribution in [1.82, 2.24) is 10.2 Å². The number of carbonyl (C=O) groups is 1. The number of rotatable bonds is 4.